The average Bonchev–Trinajstić information content (AvgIpc) is 3.73. The Morgan fingerprint density at radius 1 is 1.15 bits per heavy atom. The SMILES string of the molecule is CCc1c(-c2cc(N3CCN(C)CC3)cnc2[C@H](C)OC)n2c3cc(c(F)cc13)-c1csc(n1)C[C@H](N)C(=O)N1CCC[C@H](N1)C(=O)OCC(C)(C)C2. The van der Waals surface area contributed by atoms with E-state index in [0.29, 0.717) is 48.6 Å². The summed E-state index contributed by atoms with van der Waals surface area (Å²) in [6, 6.07) is 4.18. The van der Waals surface area contributed by atoms with Crippen LogP contribution in [0, 0.1) is 11.2 Å². The molecule has 6 heterocycles. The molecule has 4 aromatic rings. The number of pyridine rings is 1. The normalized spacial score (nSPS) is 22.2. The fraction of sp³-hybridized carbons (Fsp3) is 0.538. The van der Waals surface area contributed by atoms with Gasteiger partial charge in [0.1, 0.15) is 11.9 Å². The number of nitrogens with zero attached hydrogens (tertiary/aromatic N) is 6. The fourth-order valence-electron chi connectivity index (χ4n) is 7.75. The number of ether oxygens (including phenoxy) is 2. The van der Waals surface area contributed by atoms with Gasteiger partial charge in [-0.15, -0.1) is 11.3 Å². The third-order valence-electron chi connectivity index (χ3n) is 10.8. The molecule has 0 spiro atoms. The number of amides is 1. The number of piperazine rings is 1. The van der Waals surface area contributed by atoms with E-state index in [2.05, 4.69) is 53.7 Å². The number of aromatic nitrogens is 3. The number of esters is 1. The van der Waals surface area contributed by atoms with Gasteiger partial charge in [0, 0.05) is 85.6 Å². The van der Waals surface area contributed by atoms with Gasteiger partial charge in [0.25, 0.3) is 5.91 Å². The minimum Gasteiger partial charge on any atom is -0.464 e. The zero-order valence-electron chi connectivity index (χ0n) is 31.6. The zero-order valence-corrected chi connectivity index (χ0v) is 32.4. The Bertz CT molecular complexity index is 2000. The van der Waals surface area contributed by atoms with Crippen molar-refractivity contribution in [3.8, 4) is 22.5 Å². The van der Waals surface area contributed by atoms with Crippen LogP contribution in [0.1, 0.15) is 62.9 Å². The molecule has 1 aromatic carbocycles. The summed E-state index contributed by atoms with van der Waals surface area (Å²) >= 11 is 1.35. The van der Waals surface area contributed by atoms with E-state index in [1.54, 1.807) is 13.2 Å². The molecule has 0 unspecified atom stereocenters. The number of benzene rings is 1. The Kier molecular flexibility index (Phi) is 10.6. The molecule has 3 N–H and O–H groups in total. The summed E-state index contributed by atoms with van der Waals surface area (Å²) in [6.07, 6.45) is 3.64. The molecule has 1 amide bonds. The van der Waals surface area contributed by atoms with Crippen molar-refractivity contribution in [2.24, 2.45) is 11.1 Å². The fourth-order valence-corrected chi connectivity index (χ4v) is 8.61. The number of likely N-dealkylation sites (N-methyl/N-ethyl adjacent to an activating group) is 1. The van der Waals surface area contributed by atoms with Crippen molar-refractivity contribution >= 4 is 39.8 Å². The number of cyclic esters (lactones) is 1. The number of hydrogen-bond donors (Lipinski definition) is 2. The third kappa shape index (κ3) is 7.44. The van der Waals surface area contributed by atoms with E-state index < -0.39 is 23.5 Å². The molecule has 14 heteroatoms. The van der Waals surface area contributed by atoms with Crippen LogP contribution in [-0.2, 0) is 38.4 Å². The first-order valence-electron chi connectivity index (χ1n) is 18.6. The zero-order chi connectivity index (χ0) is 37.6. The van der Waals surface area contributed by atoms with Crippen molar-refractivity contribution in [3.05, 3.63) is 51.9 Å². The van der Waals surface area contributed by atoms with Gasteiger partial charge in [-0.3, -0.25) is 19.6 Å². The van der Waals surface area contributed by atoms with Crippen molar-refractivity contribution < 1.29 is 23.5 Å². The van der Waals surface area contributed by atoms with Gasteiger partial charge in [0.05, 0.1) is 52.7 Å². The predicted molar refractivity (Wildman–Crippen MR) is 205 cm³/mol. The van der Waals surface area contributed by atoms with Gasteiger partial charge < -0.3 is 29.6 Å². The first kappa shape index (κ1) is 37.4. The Hall–Kier alpha value is -3.95. The van der Waals surface area contributed by atoms with E-state index in [9.17, 15) is 9.59 Å². The molecule has 2 fully saturated rings. The predicted octanol–water partition coefficient (Wildman–Crippen LogP) is 4.94. The van der Waals surface area contributed by atoms with Crippen molar-refractivity contribution in [3.63, 3.8) is 0 Å². The third-order valence-corrected chi connectivity index (χ3v) is 11.7. The molecule has 0 aliphatic carbocycles. The molecule has 0 radical (unpaired) electrons. The molecular formula is C39H51FN8O4S. The van der Waals surface area contributed by atoms with Crippen LogP contribution in [0.5, 0.6) is 0 Å². The molecule has 3 atom stereocenters. The van der Waals surface area contributed by atoms with Crippen LogP contribution in [-0.4, -0.2) is 102 Å². The topological polar surface area (TPSA) is 131 Å². The van der Waals surface area contributed by atoms with Crippen LogP contribution >= 0.6 is 11.3 Å². The molecule has 53 heavy (non-hydrogen) atoms. The van der Waals surface area contributed by atoms with Crippen molar-refractivity contribution in [2.45, 2.75) is 78.1 Å². The maximum atomic E-state index is 16.4. The second-order valence-electron chi connectivity index (χ2n) is 15.4. The Balaban J connectivity index is 1.43. The van der Waals surface area contributed by atoms with E-state index in [1.807, 2.05) is 24.6 Å². The number of anilines is 1. The summed E-state index contributed by atoms with van der Waals surface area (Å²) in [4.78, 5) is 41.4. The number of carbonyl (C=O) groups is 2. The number of fused-ring (bicyclic) bond motifs is 6. The summed E-state index contributed by atoms with van der Waals surface area (Å²) in [5.41, 5.74) is 15.3. The molecule has 6 bridgehead atoms. The molecule has 7 rings (SSSR count). The minimum atomic E-state index is -0.882. The maximum absolute atomic E-state index is 16.4. The number of methoxy groups -OCH3 is 1. The molecule has 3 aliphatic rings. The molecule has 2 saturated heterocycles. The highest BCUT2D eigenvalue weighted by atomic mass is 32.1. The van der Waals surface area contributed by atoms with Gasteiger partial charge in [-0.05, 0) is 57.0 Å². The molecule has 3 aromatic heterocycles. The standard InChI is InChI=1S/C39H51FN8O4S/c1-7-25-26-16-29(40)27-17-33(26)47(36(25)28-15-24(19-42-35(28)23(2)51-6)46-13-11-45(5)12-14-46)21-39(3,4)22-52-38(50)31-9-8-10-48(44-31)37(49)30(41)18-34-43-32(27)20-53-34/h15-17,19-20,23,30-31,44H,7-14,18,21-22,41H2,1-6H3/t23-,30-,31-/m0/s1. The lowest BCUT2D eigenvalue weighted by Crippen LogP contribution is -2.59. The van der Waals surface area contributed by atoms with Crippen molar-refractivity contribution in [1.82, 2.24) is 29.9 Å². The number of hydrogen-bond acceptors (Lipinski definition) is 11. The van der Waals surface area contributed by atoms with E-state index in [4.69, 9.17) is 25.2 Å². The van der Waals surface area contributed by atoms with Gasteiger partial charge in [-0.25, -0.2) is 14.8 Å². The largest absolute Gasteiger partial charge is 0.464 e. The van der Waals surface area contributed by atoms with Crippen LogP contribution in [0.15, 0.2) is 29.8 Å². The summed E-state index contributed by atoms with van der Waals surface area (Å²) in [5.74, 6) is -1.11. The van der Waals surface area contributed by atoms with E-state index in [0.717, 1.165) is 65.3 Å². The monoisotopic (exact) mass is 746 g/mol. The summed E-state index contributed by atoms with van der Waals surface area (Å²) in [7, 11) is 3.82. The van der Waals surface area contributed by atoms with E-state index in [1.165, 1.54) is 16.3 Å². The van der Waals surface area contributed by atoms with Crippen LogP contribution < -0.4 is 16.1 Å². The highest BCUT2D eigenvalue weighted by Gasteiger charge is 2.34. The number of carbonyl (C=O) groups excluding carboxylic acids is 2. The lowest BCUT2D eigenvalue weighted by molar-refractivity contribution is -0.155. The lowest BCUT2D eigenvalue weighted by Gasteiger charge is -2.35. The molecule has 3 aliphatic heterocycles. The Labute approximate surface area is 314 Å². The van der Waals surface area contributed by atoms with Crippen LogP contribution in [0.3, 0.4) is 0 Å². The first-order valence-corrected chi connectivity index (χ1v) is 19.5. The van der Waals surface area contributed by atoms with Gasteiger partial charge in [-0.1, -0.05) is 20.8 Å². The van der Waals surface area contributed by atoms with Gasteiger partial charge >= 0.3 is 5.97 Å². The van der Waals surface area contributed by atoms with Crippen molar-refractivity contribution in [1.29, 1.82) is 0 Å². The number of halogens is 1. The van der Waals surface area contributed by atoms with Crippen LogP contribution in [0.2, 0.25) is 0 Å². The number of thiazole rings is 1. The Morgan fingerprint density at radius 3 is 2.66 bits per heavy atom. The summed E-state index contributed by atoms with van der Waals surface area (Å²) in [5, 5.41) is 4.70. The second kappa shape index (κ2) is 15.1. The summed E-state index contributed by atoms with van der Waals surface area (Å²) < 4.78 is 30.5. The maximum Gasteiger partial charge on any atom is 0.324 e. The number of nitrogens with one attached hydrogen (secondary N) is 1. The number of rotatable bonds is 5. The number of aryl methyl sites for hydroxylation is 1. The van der Waals surface area contributed by atoms with Gasteiger partial charge in [0.15, 0.2) is 0 Å². The lowest BCUT2D eigenvalue weighted by atomic mass is 9.93. The van der Waals surface area contributed by atoms with Crippen molar-refractivity contribution in [2.75, 3.05) is 58.4 Å². The average molecular weight is 747 g/mol. The highest BCUT2D eigenvalue weighted by molar-refractivity contribution is 7.10. The summed E-state index contributed by atoms with van der Waals surface area (Å²) in [6.45, 7) is 12.9. The molecular weight excluding hydrogens is 696 g/mol. The van der Waals surface area contributed by atoms with E-state index in [-0.39, 0.29) is 30.9 Å². The molecule has 284 valence electrons. The number of nitrogens with two attached hydrogens (primary N) is 1. The van der Waals surface area contributed by atoms with Crippen LogP contribution in [0.25, 0.3) is 33.4 Å². The van der Waals surface area contributed by atoms with E-state index >= 15 is 4.39 Å². The second-order valence-corrected chi connectivity index (χ2v) is 16.4. The van der Waals surface area contributed by atoms with Gasteiger partial charge in [0.2, 0.25) is 0 Å². The first-order chi connectivity index (χ1) is 25.4. The highest BCUT2D eigenvalue weighted by Crippen LogP contribution is 2.43. The molecule has 12 nitrogen and oxygen atoms in total. The smallest absolute Gasteiger partial charge is 0.324 e. The Morgan fingerprint density at radius 2 is 1.92 bits per heavy atom. The quantitative estimate of drug-likeness (QED) is 0.271. The minimum absolute atomic E-state index is 0.127. The van der Waals surface area contributed by atoms with Crippen LogP contribution in [0.4, 0.5) is 10.1 Å². The molecule has 0 saturated carbocycles. The number of hydrazine groups is 1. The van der Waals surface area contributed by atoms with Gasteiger partial charge in [-0.2, -0.15) is 0 Å².